The number of aromatic nitrogens is 1. The van der Waals surface area contributed by atoms with Crippen molar-refractivity contribution < 1.29 is 110 Å². The lowest BCUT2D eigenvalue weighted by Crippen LogP contribution is -2.63. The van der Waals surface area contributed by atoms with Crippen LogP contribution in [0.5, 0.6) is 0 Å². The summed E-state index contributed by atoms with van der Waals surface area (Å²) >= 11 is 3.39. The van der Waals surface area contributed by atoms with Crippen molar-refractivity contribution in [1.82, 2.24) is 83.5 Å². The Morgan fingerprint density at radius 2 is 1.29 bits per heavy atom. The van der Waals surface area contributed by atoms with Gasteiger partial charge in [0.25, 0.3) is 0 Å². The number of nitrogens with two attached hydrogens (primary N) is 4. The minimum absolute atomic E-state index is 0.0115. The van der Waals surface area contributed by atoms with Crippen molar-refractivity contribution in [2.45, 2.75) is 203 Å². The summed E-state index contributed by atoms with van der Waals surface area (Å²) in [5.74, 6) is -21.6. The maximum absolute atomic E-state index is 15.3. The average Bonchev–Trinajstić information content (AvgIpc) is 1.64. The molecule has 122 heavy (non-hydrogen) atoms. The molecule has 3 unspecified atom stereocenters. The summed E-state index contributed by atoms with van der Waals surface area (Å²) in [5.41, 5.74) is 18.7. The van der Waals surface area contributed by atoms with E-state index in [-0.39, 0.29) is 51.2 Å². The number of rotatable bonds is 37. The molecule has 0 saturated carbocycles. The molecule has 44 heteroatoms. The van der Waals surface area contributed by atoms with Gasteiger partial charge < -0.3 is 104 Å². The number of primary amides is 2. The van der Waals surface area contributed by atoms with Gasteiger partial charge in [0.15, 0.2) is 0 Å². The summed E-state index contributed by atoms with van der Waals surface area (Å²) in [4.78, 5) is 246. The van der Waals surface area contributed by atoms with Crippen LogP contribution < -0.4 is 86.4 Å². The smallest absolute Gasteiger partial charge is 0.338 e. The summed E-state index contributed by atoms with van der Waals surface area (Å²) in [7, 11) is -3.73. The number of aliphatic hydroxyl groups excluding tert-OH is 1. The van der Waals surface area contributed by atoms with E-state index < -0.39 is 245 Å². The normalized spacial score (nSPS) is 20.3. The molecular formula is C78H109BrN20O22S. The van der Waals surface area contributed by atoms with Crippen molar-refractivity contribution in [3.8, 4) is 0 Å². The number of ether oxygens (including phenoxy) is 1. The molecular weight excluding hydrogens is 1680 g/mol. The number of aliphatic hydroxyl groups is 1. The number of carbonyl (C=O) groups is 17. The standard InChI is InChI=1S/C78H109BrN20O22S/c1-39(2)61(94-73(113)62(40(3)4)93-71(111)57-22-16-30-99(57)76(116)53(90-65(105)41(5)86-38-100)32-45-23-25-47(79)26-24-45)72(112)89-52(33-46-35-85-49-20-14-13-19-48(46)49)67(107)87-50(21-15-29-84-78(82)83)66(106)92-55(37-122(118,119)120)69(109)96-64-43(7)121-60(104)36-97(8)75(115)54(34-59(81)103)91-74(114)63(42(6)101)95-68(108)51(31-44-17-11-10-12-18-44)88-70(110)56(27-28-58(80)102)98(9)77(64)117/h10-14,17-20,23-26,35,38-43,50-57,61-64,85,101H,15-16,21-22,27-34,36-37H2,1-9H3,(H2,80,102)(H2,81,103)(H,86,100)(H,87,107)(H,88,110)(H,89,112)(H,90,105)(H,91,114)(H,92,106)(H,93,111)(H,94,113)(H,95,108)(H,96,109)(H4,82,83,84)(H,118,119,120)/t41-,42-,43-,50+,51-,52-,53+,54+,55-,56+,57+,61?,62?,63+,64?/m1/s1. The molecule has 0 spiro atoms. The van der Waals surface area contributed by atoms with E-state index in [9.17, 15) is 75.6 Å². The van der Waals surface area contributed by atoms with Gasteiger partial charge in [0.2, 0.25) is 95.0 Å². The fraction of sp³-hybridized carbons (Fsp3) is 0.513. The monoisotopic (exact) mass is 1790 g/mol. The Bertz CT molecular complexity index is 4600. The molecule has 666 valence electrons. The SMILES string of the molecule is CC(C)C(NC(=O)C(NC(=O)[C@@H]1CCCN1C(=O)[C@H](Cc1ccc(Br)cc1)NC(=O)[C@@H](C)NC=O)C(C)C)C(=O)N[C@H](Cc1c[nH]c2ccccc12)C(=O)N[C@@H](CCCNC(N)=[NH2+])C(=O)N[C@H](CS(=O)(=O)[O-])C(=O)NC1C(=O)N(C)[C@@H](CCC(N)=O)C(=O)N[C@H](Cc2ccccc2)C(=O)N[C@@H]([C@@H](C)O)C(=O)N[C@@H](CC(N)=O)C(=O)N(C)CC(=O)O[C@@H]1C. The largest absolute Gasteiger partial charge is 0.748 e. The van der Waals surface area contributed by atoms with Crippen molar-refractivity contribution >= 4 is 144 Å². The number of benzene rings is 3. The van der Waals surface area contributed by atoms with E-state index in [1.165, 1.54) is 18.0 Å². The lowest BCUT2D eigenvalue weighted by Gasteiger charge is -2.34. The molecule has 1 aromatic heterocycles. The molecule has 15 atom stereocenters. The van der Waals surface area contributed by atoms with Gasteiger partial charge in [0, 0.05) is 67.9 Å². The van der Waals surface area contributed by atoms with E-state index in [0.29, 0.717) is 50.2 Å². The molecule has 0 bridgehead atoms. The summed E-state index contributed by atoms with van der Waals surface area (Å²) in [5, 5.41) is 46.8. The molecule has 2 saturated heterocycles. The third kappa shape index (κ3) is 29.6. The van der Waals surface area contributed by atoms with Crippen molar-refractivity contribution in [2.24, 2.45) is 29.0 Å². The first-order valence-electron chi connectivity index (χ1n) is 39.3. The number of fused-ring (bicyclic) bond motifs is 1. The van der Waals surface area contributed by atoms with E-state index >= 15 is 24.0 Å². The Hall–Kier alpha value is -12.2. The van der Waals surface area contributed by atoms with Crippen LogP contribution in [-0.2, 0) is 116 Å². The molecule has 4 aromatic rings. The Balaban J connectivity index is 1.35. The van der Waals surface area contributed by atoms with Crippen molar-refractivity contribution in [2.75, 3.05) is 39.5 Å². The van der Waals surface area contributed by atoms with Gasteiger partial charge in [0.1, 0.15) is 91.2 Å². The highest BCUT2D eigenvalue weighted by atomic mass is 79.9. The number of carbonyl (C=O) groups excluding carboxylic acids is 17. The van der Waals surface area contributed by atoms with Crippen LogP contribution in [0, 0.1) is 11.8 Å². The quantitative estimate of drug-likeness (QED) is 0.00498. The van der Waals surface area contributed by atoms with Crippen LogP contribution >= 0.6 is 15.9 Å². The number of esters is 1. The van der Waals surface area contributed by atoms with Gasteiger partial charge in [-0.1, -0.05) is 104 Å². The van der Waals surface area contributed by atoms with Crippen LogP contribution in [0.25, 0.3) is 10.9 Å². The van der Waals surface area contributed by atoms with E-state index in [4.69, 9.17) is 27.3 Å². The Morgan fingerprint density at radius 1 is 0.689 bits per heavy atom. The maximum Gasteiger partial charge on any atom is 0.338 e. The zero-order valence-corrected chi connectivity index (χ0v) is 71.2. The van der Waals surface area contributed by atoms with E-state index in [0.717, 1.165) is 32.4 Å². The number of nitrogens with one attached hydrogen (secondary N) is 13. The second-order valence-corrected chi connectivity index (χ2v) is 33.0. The van der Waals surface area contributed by atoms with Crippen LogP contribution in [0.4, 0.5) is 0 Å². The molecule has 0 aliphatic carbocycles. The number of halogens is 1. The lowest BCUT2D eigenvalue weighted by molar-refractivity contribution is -0.158. The minimum Gasteiger partial charge on any atom is -0.748 e. The van der Waals surface area contributed by atoms with Gasteiger partial charge in [-0.15, -0.1) is 0 Å². The van der Waals surface area contributed by atoms with Gasteiger partial charge >= 0.3 is 11.9 Å². The fourth-order valence-electron chi connectivity index (χ4n) is 13.6. The van der Waals surface area contributed by atoms with Crippen molar-refractivity contribution in [3.63, 3.8) is 0 Å². The number of nitrogens with zero attached hydrogens (tertiary/aromatic N) is 3. The number of amides is 16. The van der Waals surface area contributed by atoms with Crippen LogP contribution in [-0.4, -0.2) is 275 Å². The Morgan fingerprint density at radius 3 is 1.90 bits per heavy atom. The predicted molar refractivity (Wildman–Crippen MR) is 439 cm³/mol. The zero-order valence-electron chi connectivity index (χ0n) is 68.8. The third-order valence-corrected chi connectivity index (χ3v) is 21.5. The molecule has 16 amide bonds. The molecule has 2 aliphatic heterocycles. The predicted octanol–water partition coefficient (Wildman–Crippen LogP) is -7.01. The second kappa shape index (κ2) is 46.0. The number of cyclic esters (lactones) is 1. The first-order chi connectivity index (χ1) is 57.4. The summed E-state index contributed by atoms with van der Waals surface area (Å²) < 4.78 is 45.3. The zero-order chi connectivity index (χ0) is 90.7. The molecule has 42 nitrogen and oxygen atoms in total. The van der Waals surface area contributed by atoms with Crippen LogP contribution in [0.2, 0.25) is 0 Å². The topological polar surface area (TPSA) is 650 Å². The molecule has 3 heterocycles. The fourth-order valence-corrected chi connectivity index (χ4v) is 14.5. The highest BCUT2D eigenvalue weighted by molar-refractivity contribution is 9.10. The first-order valence-corrected chi connectivity index (χ1v) is 41.6. The lowest BCUT2D eigenvalue weighted by atomic mass is 9.98. The highest BCUT2D eigenvalue weighted by Crippen LogP contribution is 2.24. The van der Waals surface area contributed by atoms with Crippen LogP contribution in [0.15, 0.2) is 89.5 Å². The maximum atomic E-state index is 15.3. The molecule has 6 rings (SSSR count). The number of likely N-dealkylation sites (N-methyl/N-ethyl adjacent to an activating group) is 2. The van der Waals surface area contributed by atoms with Gasteiger partial charge in [0.05, 0.1) is 34.9 Å². The summed E-state index contributed by atoms with van der Waals surface area (Å²) in [6.45, 7) is 8.70. The van der Waals surface area contributed by atoms with E-state index in [1.807, 2.05) is 0 Å². The molecule has 2 fully saturated rings. The van der Waals surface area contributed by atoms with Gasteiger partial charge in [-0.2, -0.15) is 0 Å². The molecule has 2 aliphatic rings. The first kappa shape index (κ1) is 98.6. The van der Waals surface area contributed by atoms with Crippen molar-refractivity contribution in [1.29, 1.82) is 0 Å². The number of guanidine groups is 1. The number of hydrogen-bond acceptors (Lipinski definition) is 22. The van der Waals surface area contributed by atoms with Crippen molar-refractivity contribution in [3.05, 3.63) is 106 Å². The molecule has 0 radical (unpaired) electrons. The average molecular weight is 1790 g/mol. The highest BCUT2D eigenvalue weighted by Gasteiger charge is 2.45. The number of para-hydroxylation sites is 1. The Labute approximate surface area is 711 Å². The van der Waals surface area contributed by atoms with Gasteiger partial charge in [-0.3, -0.25) is 98.0 Å². The van der Waals surface area contributed by atoms with E-state index in [2.05, 4.69) is 84.7 Å². The molecule has 3 aromatic carbocycles. The second-order valence-electron chi connectivity index (χ2n) is 30.6. The van der Waals surface area contributed by atoms with Crippen LogP contribution in [0.3, 0.4) is 0 Å². The minimum atomic E-state index is -5.69. The third-order valence-electron chi connectivity index (χ3n) is 20.3. The summed E-state index contributed by atoms with van der Waals surface area (Å²) in [6.07, 6.45) is -5.02. The van der Waals surface area contributed by atoms with Crippen LogP contribution in [0.1, 0.15) is 110 Å². The van der Waals surface area contributed by atoms with E-state index in [1.54, 1.807) is 107 Å². The molecule has 22 N–H and O–H groups in total. The van der Waals surface area contributed by atoms with Gasteiger partial charge in [-0.05, 0) is 99.6 Å². The Kier molecular flexibility index (Phi) is 37.2. The summed E-state index contributed by atoms with van der Waals surface area (Å²) in [6, 6.07) is -0.705. The van der Waals surface area contributed by atoms with Gasteiger partial charge in [-0.25, -0.2) is 8.42 Å². The number of hydrogen-bond donors (Lipinski definition) is 18. The number of H-pyrrole nitrogens is 1. The number of aromatic amines is 1. The number of likely N-dealkylation sites (tertiary alicyclic amines) is 1.